The first-order chi connectivity index (χ1) is 13.3. The first kappa shape index (κ1) is 20.3. The van der Waals surface area contributed by atoms with E-state index in [1.807, 2.05) is 19.9 Å². The number of rotatable bonds is 6. The number of sulfone groups is 1. The van der Waals surface area contributed by atoms with Crippen molar-refractivity contribution < 1.29 is 18.0 Å². The SMILES string of the molecule is CC[C@H]1Sc2ccc(S(=O)(=O)CCC(=O)Nc3ncccc3C)cc2NC1=O. The Hall–Kier alpha value is -2.39. The maximum atomic E-state index is 12.6. The quantitative estimate of drug-likeness (QED) is 0.746. The van der Waals surface area contributed by atoms with Gasteiger partial charge in [0.15, 0.2) is 9.84 Å². The number of nitrogens with zero attached hydrogens (tertiary/aromatic N) is 1. The highest BCUT2D eigenvalue weighted by Crippen LogP contribution is 2.38. The molecule has 2 N–H and O–H groups in total. The van der Waals surface area contributed by atoms with E-state index in [0.29, 0.717) is 17.9 Å². The highest BCUT2D eigenvalue weighted by molar-refractivity contribution is 8.01. The van der Waals surface area contributed by atoms with Crippen LogP contribution in [0.4, 0.5) is 11.5 Å². The molecular weight excluding hydrogens is 398 g/mol. The Labute approximate surface area is 168 Å². The molecule has 1 aromatic carbocycles. The number of hydrogen-bond donors (Lipinski definition) is 2. The summed E-state index contributed by atoms with van der Waals surface area (Å²) in [7, 11) is -3.67. The van der Waals surface area contributed by atoms with Gasteiger partial charge in [-0.05, 0) is 43.2 Å². The van der Waals surface area contributed by atoms with Gasteiger partial charge in [0.05, 0.1) is 21.6 Å². The number of carbonyl (C=O) groups excluding carboxylic acids is 2. The predicted octanol–water partition coefficient (Wildman–Crippen LogP) is 3.02. The van der Waals surface area contributed by atoms with Crippen molar-refractivity contribution in [1.82, 2.24) is 4.98 Å². The van der Waals surface area contributed by atoms with Gasteiger partial charge in [-0.1, -0.05) is 13.0 Å². The Morgan fingerprint density at radius 1 is 1.32 bits per heavy atom. The largest absolute Gasteiger partial charge is 0.324 e. The molecule has 1 atom stereocenters. The zero-order valence-corrected chi connectivity index (χ0v) is 17.2. The van der Waals surface area contributed by atoms with Crippen LogP contribution >= 0.6 is 11.8 Å². The smallest absolute Gasteiger partial charge is 0.237 e. The van der Waals surface area contributed by atoms with E-state index >= 15 is 0 Å². The van der Waals surface area contributed by atoms with Gasteiger partial charge in [-0.15, -0.1) is 11.8 Å². The first-order valence-corrected chi connectivity index (χ1v) is 11.4. The molecule has 7 nitrogen and oxygen atoms in total. The Balaban J connectivity index is 1.68. The van der Waals surface area contributed by atoms with E-state index in [1.165, 1.54) is 23.9 Å². The molecule has 148 valence electrons. The lowest BCUT2D eigenvalue weighted by atomic mass is 10.2. The van der Waals surface area contributed by atoms with Crippen LogP contribution in [0.25, 0.3) is 0 Å². The van der Waals surface area contributed by atoms with Crippen LogP contribution in [0.1, 0.15) is 25.3 Å². The zero-order valence-electron chi connectivity index (χ0n) is 15.6. The molecule has 0 radical (unpaired) electrons. The van der Waals surface area contributed by atoms with Gasteiger partial charge in [0.25, 0.3) is 0 Å². The number of aromatic nitrogens is 1. The second-order valence-corrected chi connectivity index (χ2v) is 9.80. The summed E-state index contributed by atoms with van der Waals surface area (Å²) in [6, 6.07) is 8.24. The normalized spacial score (nSPS) is 16.2. The van der Waals surface area contributed by atoms with E-state index < -0.39 is 15.7 Å². The zero-order chi connectivity index (χ0) is 20.3. The molecule has 0 aliphatic carbocycles. The summed E-state index contributed by atoms with van der Waals surface area (Å²) >= 11 is 1.43. The molecule has 0 bridgehead atoms. The van der Waals surface area contributed by atoms with Crippen molar-refractivity contribution >= 4 is 44.9 Å². The lowest BCUT2D eigenvalue weighted by molar-refractivity contribution is -0.116. The standard InChI is InChI=1S/C19H21N3O4S2/c1-3-15-19(24)21-14-11-13(6-7-16(14)27-15)28(25,26)10-8-17(23)22-18-12(2)5-4-9-20-18/h4-7,9,11,15H,3,8,10H2,1-2H3,(H,21,24)(H,20,22,23)/t15-/m1/s1. The molecule has 28 heavy (non-hydrogen) atoms. The second kappa shape index (κ2) is 8.32. The minimum absolute atomic E-state index is 0.0870. The van der Waals surface area contributed by atoms with Gasteiger partial charge in [0.1, 0.15) is 5.82 Å². The molecular formula is C19H21N3O4S2. The number of benzene rings is 1. The van der Waals surface area contributed by atoms with Crippen LogP contribution in [-0.4, -0.2) is 36.2 Å². The third kappa shape index (κ3) is 4.53. The Bertz CT molecular complexity index is 1020. The van der Waals surface area contributed by atoms with Crippen molar-refractivity contribution in [3.63, 3.8) is 0 Å². The number of carbonyl (C=O) groups is 2. The summed E-state index contributed by atoms with van der Waals surface area (Å²) in [6.45, 7) is 3.74. The number of hydrogen-bond acceptors (Lipinski definition) is 6. The lowest BCUT2D eigenvalue weighted by Gasteiger charge is -2.23. The summed E-state index contributed by atoms with van der Waals surface area (Å²) in [5.41, 5.74) is 1.29. The van der Waals surface area contributed by atoms with Crippen LogP contribution in [0, 0.1) is 6.92 Å². The van der Waals surface area contributed by atoms with Gasteiger partial charge in [0.2, 0.25) is 11.8 Å². The topological polar surface area (TPSA) is 105 Å². The van der Waals surface area contributed by atoms with Gasteiger partial charge in [0, 0.05) is 17.5 Å². The average Bonchev–Trinajstić information content (AvgIpc) is 2.67. The maximum Gasteiger partial charge on any atom is 0.237 e. The van der Waals surface area contributed by atoms with Crippen LogP contribution in [0.5, 0.6) is 0 Å². The van der Waals surface area contributed by atoms with Gasteiger partial charge in [-0.2, -0.15) is 0 Å². The molecule has 0 fully saturated rings. The molecule has 3 rings (SSSR count). The molecule has 1 aromatic heterocycles. The van der Waals surface area contributed by atoms with Crippen molar-refractivity contribution in [3.8, 4) is 0 Å². The number of nitrogens with one attached hydrogen (secondary N) is 2. The number of amides is 2. The van der Waals surface area contributed by atoms with E-state index in [0.717, 1.165) is 10.5 Å². The summed E-state index contributed by atoms with van der Waals surface area (Å²) in [5, 5.41) is 5.22. The predicted molar refractivity (Wildman–Crippen MR) is 109 cm³/mol. The van der Waals surface area contributed by atoms with Crippen molar-refractivity contribution in [2.75, 3.05) is 16.4 Å². The van der Waals surface area contributed by atoms with Gasteiger partial charge < -0.3 is 10.6 Å². The third-order valence-electron chi connectivity index (χ3n) is 4.37. The second-order valence-electron chi connectivity index (χ2n) is 6.45. The van der Waals surface area contributed by atoms with Crippen molar-refractivity contribution in [1.29, 1.82) is 0 Å². The Morgan fingerprint density at radius 3 is 2.82 bits per heavy atom. The highest BCUT2D eigenvalue weighted by atomic mass is 32.2. The van der Waals surface area contributed by atoms with Crippen molar-refractivity contribution in [2.45, 2.75) is 41.7 Å². The molecule has 2 amide bonds. The van der Waals surface area contributed by atoms with Crippen LogP contribution in [0.15, 0.2) is 46.3 Å². The van der Waals surface area contributed by atoms with Crippen LogP contribution in [-0.2, 0) is 19.4 Å². The van der Waals surface area contributed by atoms with E-state index in [1.54, 1.807) is 18.3 Å². The molecule has 1 aliphatic heterocycles. The fourth-order valence-corrected chi connectivity index (χ4v) is 5.03. The van der Waals surface area contributed by atoms with Gasteiger partial charge in [-0.3, -0.25) is 9.59 Å². The van der Waals surface area contributed by atoms with E-state index in [2.05, 4.69) is 15.6 Å². The summed E-state index contributed by atoms with van der Waals surface area (Å²) in [5.74, 6) is -0.455. The Morgan fingerprint density at radius 2 is 2.11 bits per heavy atom. The van der Waals surface area contributed by atoms with Gasteiger partial charge >= 0.3 is 0 Å². The molecule has 0 unspecified atom stereocenters. The molecule has 2 aromatic rings. The molecule has 0 saturated heterocycles. The van der Waals surface area contributed by atoms with Gasteiger partial charge in [-0.25, -0.2) is 13.4 Å². The number of aryl methyl sites for hydroxylation is 1. The molecule has 1 aliphatic rings. The third-order valence-corrected chi connectivity index (χ3v) is 7.52. The lowest BCUT2D eigenvalue weighted by Crippen LogP contribution is -2.28. The molecule has 0 saturated carbocycles. The highest BCUT2D eigenvalue weighted by Gasteiger charge is 2.27. The maximum absolute atomic E-state index is 12.6. The monoisotopic (exact) mass is 419 g/mol. The molecule has 2 heterocycles. The van der Waals surface area contributed by atoms with E-state index in [9.17, 15) is 18.0 Å². The summed E-state index contributed by atoms with van der Waals surface area (Å²) in [6.07, 6.45) is 2.07. The summed E-state index contributed by atoms with van der Waals surface area (Å²) in [4.78, 5) is 29.1. The number of pyridine rings is 1. The van der Waals surface area contributed by atoms with E-state index in [4.69, 9.17) is 0 Å². The fraction of sp³-hybridized carbons (Fsp3) is 0.316. The summed E-state index contributed by atoms with van der Waals surface area (Å²) < 4.78 is 25.3. The Kier molecular flexibility index (Phi) is 6.04. The number of fused-ring (bicyclic) bond motifs is 1. The van der Waals surface area contributed by atoms with Crippen molar-refractivity contribution in [2.24, 2.45) is 0 Å². The number of thioether (sulfide) groups is 1. The minimum Gasteiger partial charge on any atom is -0.324 e. The van der Waals surface area contributed by atoms with Crippen LogP contribution < -0.4 is 10.6 Å². The molecule has 9 heteroatoms. The first-order valence-electron chi connectivity index (χ1n) is 8.86. The van der Waals surface area contributed by atoms with E-state index in [-0.39, 0.29) is 28.2 Å². The molecule has 0 spiro atoms. The van der Waals surface area contributed by atoms with Crippen molar-refractivity contribution in [3.05, 3.63) is 42.1 Å². The average molecular weight is 420 g/mol. The van der Waals surface area contributed by atoms with Crippen LogP contribution in [0.2, 0.25) is 0 Å². The number of anilines is 2. The minimum atomic E-state index is -3.67. The van der Waals surface area contributed by atoms with Crippen LogP contribution in [0.3, 0.4) is 0 Å². The fourth-order valence-electron chi connectivity index (χ4n) is 2.75.